The van der Waals surface area contributed by atoms with E-state index in [2.05, 4.69) is 50.4 Å². The molecule has 0 aliphatic carbocycles. The van der Waals surface area contributed by atoms with Gasteiger partial charge in [-0.15, -0.1) is 0 Å². The first-order valence-corrected chi connectivity index (χ1v) is 7.53. The van der Waals surface area contributed by atoms with E-state index >= 15 is 0 Å². The second-order valence-electron chi connectivity index (χ2n) is 5.25. The van der Waals surface area contributed by atoms with Gasteiger partial charge in [-0.05, 0) is 50.3 Å². The molecule has 0 amide bonds. The molecular weight excluding hydrogens is 234 g/mol. The third-order valence-electron chi connectivity index (χ3n) is 3.73. The number of likely N-dealkylation sites (N-methyl/N-ethyl adjacent to an activating group) is 1. The minimum absolute atomic E-state index is 0.351. The summed E-state index contributed by atoms with van der Waals surface area (Å²) in [5.74, 6) is 0. The molecule has 0 saturated carbocycles. The zero-order valence-electron chi connectivity index (χ0n) is 12.9. The first-order chi connectivity index (χ1) is 9.19. The van der Waals surface area contributed by atoms with E-state index in [-0.39, 0.29) is 0 Å². The van der Waals surface area contributed by atoms with Crippen molar-refractivity contribution in [2.45, 2.75) is 58.6 Å². The van der Waals surface area contributed by atoms with E-state index in [0.29, 0.717) is 12.1 Å². The van der Waals surface area contributed by atoms with Gasteiger partial charge in [-0.25, -0.2) is 0 Å². The van der Waals surface area contributed by atoms with Crippen LogP contribution in [0.25, 0.3) is 0 Å². The SMILES string of the molecule is CCNC(CCC(C)OC)Cc1ccc(CC)cc1. The van der Waals surface area contributed by atoms with Crippen LogP contribution in [0.4, 0.5) is 0 Å². The summed E-state index contributed by atoms with van der Waals surface area (Å²) in [6, 6.07) is 9.58. The lowest BCUT2D eigenvalue weighted by Gasteiger charge is -2.20. The molecule has 0 saturated heterocycles. The fourth-order valence-corrected chi connectivity index (χ4v) is 2.31. The Morgan fingerprint density at radius 2 is 1.68 bits per heavy atom. The average Bonchev–Trinajstić information content (AvgIpc) is 2.45. The molecule has 0 radical (unpaired) electrons. The first-order valence-electron chi connectivity index (χ1n) is 7.53. The number of hydrogen-bond donors (Lipinski definition) is 1. The van der Waals surface area contributed by atoms with E-state index < -0.39 is 0 Å². The molecule has 0 spiro atoms. The zero-order chi connectivity index (χ0) is 14.1. The highest BCUT2D eigenvalue weighted by Gasteiger charge is 2.10. The number of ether oxygens (including phenoxy) is 1. The van der Waals surface area contributed by atoms with E-state index in [4.69, 9.17) is 4.74 Å². The lowest BCUT2D eigenvalue weighted by atomic mass is 9.99. The quantitative estimate of drug-likeness (QED) is 0.735. The summed E-state index contributed by atoms with van der Waals surface area (Å²) in [7, 11) is 1.79. The summed E-state index contributed by atoms with van der Waals surface area (Å²) >= 11 is 0. The van der Waals surface area contributed by atoms with Gasteiger partial charge >= 0.3 is 0 Å². The van der Waals surface area contributed by atoms with Gasteiger partial charge in [0, 0.05) is 13.2 Å². The van der Waals surface area contributed by atoms with E-state index in [1.54, 1.807) is 7.11 Å². The molecule has 0 aliphatic rings. The fourth-order valence-electron chi connectivity index (χ4n) is 2.31. The highest BCUT2D eigenvalue weighted by atomic mass is 16.5. The van der Waals surface area contributed by atoms with Crippen LogP contribution in [0.2, 0.25) is 0 Å². The van der Waals surface area contributed by atoms with Gasteiger partial charge in [0.05, 0.1) is 6.10 Å². The van der Waals surface area contributed by atoms with Crippen LogP contribution in [0, 0.1) is 0 Å². The Hall–Kier alpha value is -0.860. The van der Waals surface area contributed by atoms with Crippen molar-refractivity contribution in [1.82, 2.24) is 5.32 Å². The number of nitrogens with one attached hydrogen (secondary N) is 1. The molecule has 1 N–H and O–H groups in total. The van der Waals surface area contributed by atoms with E-state index in [1.807, 2.05) is 0 Å². The molecule has 0 aliphatic heterocycles. The Bertz CT molecular complexity index is 334. The lowest BCUT2D eigenvalue weighted by Crippen LogP contribution is -2.31. The summed E-state index contributed by atoms with van der Waals surface area (Å²) in [4.78, 5) is 0. The van der Waals surface area contributed by atoms with Gasteiger partial charge in [-0.3, -0.25) is 0 Å². The normalized spacial score (nSPS) is 14.3. The fraction of sp³-hybridized carbons (Fsp3) is 0.647. The topological polar surface area (TPSA) is 21.3 Å². The monoisotopic (exact) mass is 263 g/mol. The van der Waals surface area contributed by atoms with Gasteiger partial charge in [0.2, 0.25) is 0 Å². The molecule has 2 unspecified atom stereocenters. The van der Waals surface area contributed by atoms with Crippen molar-refractivity contribution in [2.24, 2.45) is 0 Å². The standard InChI is InChI=1S/C17H29NO/c1-5-15-8-10-16(11-9-15)13-17(18-6-2)12-7-14(3)19-4/h8-11,14,17-18H,5-7,12-13H2,1-4H3. The molecule has 0 heterocycles. The highest BCUT2D eigenvalue weighted by Crippen LogP contribution is 2.12. The molecule has 2 nitrogen and oxygen atoms in total. The van der Waals surface area contributed by atoms with Crippen LogP contribution in [0.15, 0.2) is 24.3 Å². The van der Waals surface area contributed by atoms with Crippen molar-refractivity contribution in [3.05, 3.63) is 35.4 Å². The smallest absolute Gasteiger partial charge is 0.0543 e. The summed E-state index contributed by atoms with van der Waals surface area (Å²) in [6.07, 6.45) is 4.85. The van der Waals surface area contributed by atoms with Crippen LogP contribution in [0.1, 0.15) is 44.7 Å². The third kappa shape index (κ3) is 6.22. The number of hydrogen-bond acceptors (Lipinski definition) is 2. The molecule has 108 valence electrons. The number of benzene rings is 1. The molecule has 1 aromatic carbocycles. The van der Waals surface area contributed by atoms with Crippen molar-refractivity contribution in [3.8, 4) is 0 Å². The largest absolute Gasteiger partial charge is 0.382 e. The van der Waals surface area contributed by atoms with Crippen LogP contribution in [0.5, 0.6) is 0 Å². The van der Waals surface area contributed by atoms with Crippen molar-refractivity contribution >= 4 is 0 Å². The van der Waals surface area contributed by atoms with Gasteiger partial charge in [-0.1, -0.05) is 38.1 Å². The maximum atomic E-state index is 5.33. The van der Waals surface area contributed by atoms with Gasteiger partial charge in [0.25, 0.3) is 0 Å². The van der Waals surface area contributed by atoms with Gasteiger partial charge in [0.1, 0.15) is 0 Å². The van der Waals surface area contributed by atoms with E-state index in [9.17, 15) is 0 Å². The molecular formula is C17H29NO. The highest BCUT2D eigenvalue weighted by molar-refractivity contribution is 5.23. The molecule has 19 heavy (non-hydrogen) atoms. The number of rotatable bonds is 9. The number of aryl methyl sites for hydroxylation is 1. The summed E-state index contributed by atoms with van der Waals surface area (Å²) in [5.41, 5.74) is 2.84. The molecule has 2 heteroatoms. The van der Waals surface area contributed by atoms with E-state index in [1.165, 1.54) is 17.5 Å². The zero-order valence-corrected chi connectivity index (χ0v) is 12.9. The lowest BCUT2D eigenvalue weighted by molar-refractivity contribution is 0.106. The molecule has 1 rings (SSSR count). The second kappa shape index (κ2) is 9.11. The van der Waals surface area contributed by atoms with Crippen molar-refractivity contribution in [3.63, 3.8) is 0 Å². The van der Waals surface area contributed by atoms with Gasteiger partial charge < -0.3 is 10.1 Å². The predicted molar refractivity (Wildman–Crippen MR) is 82.7 cm³/mol. The Morgan fingerprint density at radius 1 is 1.05 bits per heavy atom. The summed E-state index contributed by atoms with van der Waals surface area (Å²) in [5, 5.41) is 3.58. The second-order valence-corrected chi connectivity index (χ2v) is 5.25. The average molecular weight is 263 g/mol. The van der Waals surface area contributed by atoms with Gasteiger partial charge in [-0.2, -0.15) is 0 Å². The molecule has 0 aromatic heterocycles. The maximum absolute atomic E-state index is 5.33. The Morgan fingerprint density at radius 3 is 2.21 bits per heavy atom. The van der Waals surface area contributed by atoms with Crippen LogP contribution >= 0.6 is 0 Å². The van der Waals surface area contributed by atoms with Crippen LogP contribution < -0.4 is 5.32 Å². The van der Waals surface area contributed by atoms with E-state index in [0.717, 1.165) is 25.8 Å². The molecule has 1 aromatic rings. The van der Waals surface area contributed by atoms with Crippen molar-refractivity contribution in [1.29, 1.82) is 0 Å². The van der Waals surface area contributed by atoms with Crippen LogP contribution in [-0.2, 0) is 17.6 Å². The molecule has 2 atom stereocenters. The van der Waals surface area contributed by atoms with Gasteiger partial charge in [0.15, 0.2) is 0 Å². The summed E-state index contributed by atoms with van der Waals surface area (Å²) < 4.78 is 5.33. The minimum Gasteiger partial charge on any atom is -0.382 e. The first kappa shape index (κ1) is 16.2. The molecule has 0 bridgehead atoms. The Balaban J connectivity index is 2.51. The minimum atomic E-state index is 0.351. The van der Waals surface area contributed by atoms with Crippen molar-refractivity contribution in [2.75, 3.05) is 13.7 Å². The van der Waals surface area contributed by atoms with Crippen LogP contribution in [0.3, 0.4) is 0 Å². The Labute approximate surface area is 118 Å². The maximum Gasteiger partial charge on any atom is 0.0543 e. The van der Waals surface area contributed by atoms with Crippen LogP contribution in [-0.4, -0.2) is 25.8 Å². The summed E-state index contributed by atoms with van der Waals surface area (Å²) in [6.45, 7) is 7.54. The molecule has 0 fully saturated rings. The predicted octanol–water partition coefficient (Wildman–Crippen LogP) is 3.58. The number of methoxy groups -OCH3 is 1. The van der Waals surface area contributed by atoms with Crippen molar-refractivity contribution < 1.29 is 4.74 Å². The Kier molecular flexibility index (Phi) is 7.76. The third-order valence-corrected chi connectivity index (χ3v) is 3.73.